The molecular formula is C12H7Cl2F3N2O3. The Morgan fingerprint density at radius 3 is 2.50 bits per heavy atom. The third-order valence-electron chi connectivity index (χ3n) is 2.58. The van der Waals surface area contributed by atoms with Crippen molar-refractivity contribution in [3.63, 3.8) is 0 Å². The quantitative estimate of drug-likeness (QED) is 0.895. The number of halogens is 5. The van der Waals surface area contributed by atoms with Gasteiger partial charge in [-0.15, -0.1) is 0 Å². The Morgan fingerprint density at radius 1 is 1.36 bits per heavy atom. The molecule has 0 aliphatic heterocycles. The van der Waals surface area contributed by atoms with E-state index in [0.717, 1.165) is 7.05 Å². The summed E-state index contributed by atoms with van der Waals surface area (Å²) in [6.45, 7) is 0. The lowest BCUT2D eigenvalue weighted by Gasteiger charge is -2.09. The summed E-state index contributed by atoms with van der Waals surface area (Å²) in [5, 5.41) is 12.5. The number of alkyl halides is 3. The first-order valence-electron chi connectivity index (χ1n) is 5.61. The highest BCUT2D eigenvalue weighted by atomic mass is 35.5. The molecule has 0 spiro atoms. The van der Waals surface area contributed by atoms with Crippen molar-refractivity contribution in [1.82, 2.24) is 9.78 Å². The van der Waals surface area contributed by atoms with Crippen LogP contribution in [0, 0.1) is 0 Å². The standard InChI is InChI=1S/C12H7Cl2F3N2O3/c1-19-10(22-7-3-2-5(13)4-6(7)14)8(11(20)21)9(18-19)12(15,16)17/h2-4H,1H3,(H,20,21). The summed E-state index contributed by atoms with van der Waals surface area (Å²) in [5.41, 5.74) is -2.65. The van der Waals surface area contributed by atoms with Crippen LogP contribution in [0.3, 0.4) is 0 Å². The Morgan fingerprint density at radius 2 is 2.00 bits per heavy atom. The van der Waals surface area contributed by atoms with Crippen LogP contribution in [0.15, 0.2) is 18.2 Å². The van der Waals surface area contributed by atoms with E-state index in [4.69, 9.17) is 33.0 Å². The van der Waals surface area contributed by atoms with Gasteiger partial charge in [0.1, 0.15) is 5.75 Å². The highest BCUT2D eigenvalue weighted by Gasteiger charge is 2.42. The van der Waals surface area contributed by atoms with Crippen molar-refractivity contribution in [3.05, 3.63) is 39.5 Å². The van der Waals surface area contributed by atoms with Gasteiger partial charge in [0.15, 0.2) is 11.3 Å². The molecule has 0 bridgehead atoms. The van der Waals surface area contributed by atoms with Gasteiger partial charge in [-0.2, -0.15) is 18.3 Å². The van der Waals surface area contributed by atoms with E-state index >= 15 is 0 Å². The molecule has 5 nitrogen and oxygen atoms in total. The predicted molar refractivity (Wildman–Crippen MR) is 71.7 cm³/mol. The van der Waals surface area contributed by atoms with Crippen LogP contribution in [0.4, 0.5) is 13.2 Å². The lowest BCUT2D eigenvalue weighted by atomic mass is 10.2. The van der Waals surface area contributed by atoms with Crippen molar-refractivity contribution < 1.29 is 27.8 Å². The summed E-state index contributed by atoms with van der Waals surface area (Å²) >= 11 is 11.5. The van der Waals surface area contributed by atoms with Crippen LogP contribution < -0.4 is 4.74 Å². The van der Waals surface area contributed by atoms with E-state index in [1.807, 2.05) is 0 Å². The van der Waals surface area contributed by atoms with Crippen LogP contribution in [0.25, 0.3) is 0 Å². The summed E-state index contributed by atoms with van der Waals surface area (Å²) in [6, 6.07) is 4.00. The minimum atomic E-state index is -4.93. The second-order valence-electron chi connectivity index (χ2n) is 4.13. The molecular weight excluding hydrogens is 348 g/mol. The van der Waals surface area contributed by atoms with E-state index in [0.29, 0.717) is 4.68 Å². The zero-order valence-electron chi connectivity index (χ0n) is 10.8. The highest BCUT2D eigenvalue weighted by Crippen LogP contribution is 2.38. The molecule has 0 radical (unpaired) electrons. The van der Waals surface area contributed by atoms with Crippen LogP contribution in [0.2, 0.25) is 10.0 Å². The SMILES string of the molecule is Cn1nc(C(F)(F)F)c(C(=O)O)c1Oc1ccc(Cl)cc1Cl. The number of aromatic nitrogens is 2. The minimum absolute atomic E-state index is 0.0126. The number of benzene rings is 1. The van der Waals surface area contributed by atoms with Gasteiger partial charge in [-0.05, 0) is 18.2 Å². The Hall–Kier alpha value is -1.93. The molecule has 2 aromatic rings. The molecule has 1 heterocycles. The maximum absolute atomic E-state index is 12.8. The van der Waals surface area contributed by atoms with Gasteiger partial charge in [-0.3, -0.25) is 0 Å². The third-order valence-corrected chi connectivity index (χ3v) is 3.11. The van der Waals surface area contributed by atoms with Gasteiger partial charge in [0.2, 0.25) is 5.88 Å². The number of hydrogen-bond acceptors (Lipinski definition) is 3. The average Bonchev–Trinajstić information content (AvgIpc) is 2.70. The van der Waals surface area contributed by atoms with Gasteiger partial charge in [-0.1, -0.05) is 23.2 Å². The molecule has 0 amide bonds. The normalized spacial score (nSPS) is 11.5. The molecule has 1 aromatic carbocycles. The summed E-state index contributed by atoms with van der Waals surface area (Å²) in [6.07, 6.45) is -4.93. The Kier molecular flexibility index (Phi) is 4.25. The van der Waals surface area contributed by atoms with Crippen molar-refractivity contribution in [2.45, 2.75) is 6.18 Å². The fourth-order valence-corrected chi connectivity index (χ4v) is 2.13. The number of rotatable bonds is 3. The number of ether oxygens (including phenoxy) is 1. The van der Waals surface area contributed by atoms with Gasteiger partial charge < -0.3 is 9.84 Å². The fourth-order valence-electron chi connectivity index (χ4n) is 1.68. The monoisotopic (exact) mass is 354 g/mol. The average molecular weight is 355 g/mol. The first-order valence-corrected chi connectivity index (χ1v) is 6.37. The molecule has 1 N–H and O–H groups in total. The van der Waals surface area contributed by atoms with E-state index in [9.17, 15) is 18.0 Å². The van der Waals surface area contributed by atoms with Crippen LogP contribution in [0.5, 0.6) is 11.6 Å². The molecule has 22 heavy (non-hydrogen) atoms. The molecule has 2 rings (SSSR count). The minimum Gasteiger partial charge on any atom is -0.477 e. The lowest BCUT2D eigenvalue weighted by molar-refractivity contribution is -0.141. The fraction of sp³-hybridized carbons (Fsp3) is 0.167. The molecule has 10 heteroatoms. The molecule has 0 unspecified atom stereocenters. The highest BCUT2D eigenvalue weighted by molar-refractivity contribution is 6.35. The molecule has 1 aromatic heterocycles. The van der Waals surface area contributed by atoms with E-state index in [1.165, 1.54) is 18.2 Å². The smallest absolute Gasteiger partial charge is 0.436 e. The van der Waals surface area contributed by atoms with Crippen molar-refractivity contribution in [2.75, 3.05) is 0 Å². The van der Waals surface area contributed by atoms with Crippen LogP contribution in [-0.2, 0) is 13.2 Å². The lowest BCUT2D eigenvalue weighted by Crippen LogP contribution is -2.12. The van der Waals surface area contributed by atoms with E-state index in [2.05, 4.69) is 5.10 Å². The summed E-state index contributed by atoms with van der Waals surface area (Å²) in [5.74, 6) is -2.46. The molecule has 0 fully saturated rings. The van der Waals surface area contributed by atoms with Crippen molar-refractivity contribution >= 4 is 29.2 Å². The van der Waals surface area contributed by atoms with E-state index < -0.39 is 29.3 Å². The Balaban J connectivity index is 2.56. The number of carboxylic acids is 1. The maximum atomic E-state index is 12.8. The predicted octanol–water partition coefficient (Wildman–Crippen LogP) is 4.24. The summed E-state index contributed by atoms with van der Waals surface area (Å²) in [7, 11) is 1.13. The van der Waals surface area contributed by atoms with E-state index in [-0.39, 0.29) is 15.8 Å². The molecule has 0 atom stereocenters. The van der Waals surface area contributed by atoms with Crippen molar-refractivity contribution in [2.24, 2.45) is 7.05 Å². The molecule has 118 valence electrons. The van der Waals surface area contributed by atoms with Crippen LogP contribution in [-0.4, -0.2) is 20.9 Å². The maximum Gasteiger partial charge on any atom is 0.436 e. The van der Waals surface area contributed by atoms with Gasteiger partial charge in [0.05, 0.1) is 5.02 Å². The zero-order chi connectivity index (χ0) is 16.7. The number of hydrogen-bond donors (Lipinski definition) is 1. The third kappa shape index (κ3) is 3.12. The van der Waals surface area contributed by atoms with Gasteiger partial charge in [-0.25, -0.2) is 9.48 Å². The Bertz CT molecular complexity index is 744. The second kappa shape index (κ2) is 5.69. The molecule has 0 saturated heterocycles. The number of aryl methyl sites for hydroxylation is 1. The number of carboxylic acid groups (broad SMARTS) is 1. The Labute approximate surface area is 131 Å². The molecule has 0 saturated carbocycles. The largest absolute Gasteiger partial charge is 0.477 e. The van der Waals surface area contributed by atoms with Crippen LogP contribution in [0.1, 0.15) is 16.1 Å². The molecule has 0 aliphatic rings. The zero-order valence-corrected chi connectivity index (χ0v) is 12.3. The summed E-state index contributed by atoms with van der Waals surface area (Å²) < 4.78 is 44.4. The number of nitrogens with zero attached hydrogens (tertiary/aromatic N) is 2. The topological polar surface area (TPSA) is 64.4 Å². The van der Waals surface area contributed by atoms with Gasteiger partial charge in [0.25, 0.3) is 0 Å². The first-order chi connectivity index (χ1) is 10.1. The number of carbonyl (C=O) groups is 1. The molecule has 0 aliphatic carbocycles. The van der Waals surface area contributed by atoms with E-state index in [1.54, 1.807) is 0 Å². The summed E-state index contributed by atoms with van der Waals surface area (Å²) in [4.78, 5) is 11.1. The van der Waals surface area contributed by atoms with Gasteiger partial charge in [0, 0.05) is 12.1 Å². The first kappa shape index (κ1) is 16.4. The van der Waals surface area contributed by atoms with Crippen molar-refractivity contribution in [1.29, 1.82) is 0 Å². The number of aromatic carboxylic acids is 1. The second-order valence-corrected chi connectivity index (χ2v) is 4.98. The van der Waals surface area contributed by atoms with Crippen molar-refractivity contribution in [3.8, 4) is 11.6 Å². The van der Waals surface area contributed by atoms with Crippen LogP contribution >= 0.6 is 23.2 Å². The van der Waals surface area contributed by atoms with Gasteiger partial charge >= 0.3 is 12.1 Å².